The maximum atomic E-state index is 12.9. The fourth-order valence-electron chi connectivity index (χ4n) is 2.90. The van der Waals surface area contributed by atoms with Crippen LogP contribution in [0.5, 0.6) is 0 Å². The van der Waals surface area contributed by atoms with Crippen molar-refractivity contribution < 1.29 is 4.79 Å². The lowest BCUT2D eigenvalue weighted by atomic mass is 9.97. The van der Waals surface area contributed by atoms with Gasteiger partial charge in [0.2, 0.25) is 5.91 Å². The standard InChI is InChI=1S/C17H14ClIN4O/c18-12-2-1-7-20-15(12)14(9-3-4-9)17(24)21-10-5-6-13-11(8-10)16(19)23-22-13/h1-2,5-9,14H,3-4H2,(H,21,24)(H,22,23). The maximum Gasteiger partial charge on any atom is 0.233 e. The highest BCUT2D eigenvalue weighted by Crippen LogP contribution is 2.44. The van der Waals surface area contributed by atoms with Crippen LogP contribution in [0.1, 0.15) is 24.5 Å². The van der Waals surface area contributed by atoms with Gasteiger partial charge in [0.05, 0.1) is 22.2 Å². The molecule has 24 heavy (non-hydrogen) atoms. The van der Waals surface area contributed by atoms with Crippen LogP contribution in [-0.2, 0) is 4.79 Å². The number of H-pyrrole nitrogens is 1. The molecule has 4 rings (SSSR count). The zero-order chi connectivity index (χ0) is 16.7. The Morgan fingerprint density at radius 1 is 1.38 bits per heavy atom. The summed E-state index contributed by atoms with van der Waals surface area (Å²) in [4.78, 5) is 17.2. The van der Waals surface area contributed by atoms with Gasteiger partial charge in [0.15, 0.2) is 0 Å². The molecule has 1 atom stereocenters. The molecule has 0 bridgehead atoms. The number of carbonyl (C=O) groups is 1. The lowest BCUT2D eigenvalue weighted by Crippen LogP contribution is -2.23. The fraction of sp³-hybridized carbons (Fsp3) is 0.235. The Morgan fingerprint density at radius 3 is 2.96 bits per heavy atom. The number of benzene rings is 1. The van der Waals surface area contributed by atoms with E-state index in [2.05, 4.69) is 43.1 Å². The van der Waals surface area contributed by atoms with E-state index in [0.717, 1.165) is 33.1 Å². The van der Waals surface area contributed by atoms with Gasteiger partial charge in [0, 0.05) is 17.3 Å². The first-order valence-corrected chi connectivity index (χ1v) is 9.14. The molecule has 0 saturated heterocycles. The Labute approximate surface area is 157 Å². The monoisotopic (exact) mass is 452 g/mol. The predicted octanol–water partition coefficient (Wildman–Crippen LogP) is 4.35. The molecule has 2 aromatic heterocycles. The largest absolute Gasteiger partial charge is 0.325 e. The molecule has 1 aliphatic rings. The minimum atomic E-state index is -0.308. The molecule has 1 saturated carbocycles. The first-order valence-electron chi connectivity index (χ1n) is 7.68. The van der Waals surface area contributed by atoms with Crippen LogP contribution in [0.4, 0.5) is 5.69 Å². The zero-order valence-electron chi connectivity index (χ0n) is 12.6. The summed E-state index contributed by atoms with van der Waals surface area (Å²) in [6, 6.07) is 9.29. The predicted molar refractivity (Wildman–Crippen MR) is 102 cm³/mol. The number of halogens is 2. The van der Waals surface area contributed by atoms with E-state index in [1.165, 1.54) is 0 Å². The highest BCUT2D eigenvalue weighted by Gasteiger charge is 2.39. The molecule has 1 aliphatic carbocycles. The summed E-state index contributed by atoms with van der Waals surface area (Å²) < 4.78 is 0.880. The molecule has 1 fully saturated rings. The van der Waals surface area contributed by atoms with Crippen LogP contribution in [-0.4, -0.2) is 21.1 Å². The van der Waals surface area contributed by atoms with Crippen molar-refractivity contribution in [1.82, 2.24) is 15.2 Å². The highest BCUT2D eigenvalue weighted by atomic mass is 127. The number of anilines is 1. The number of aromatic nitrogens is 3. The van der Waals surface area contributed by atoms with E-state index in [1.807, 2.05) is 18.2 Å². The van der Waals surface area contributed by atoms with Crippen molar-refractivity contribution in [2.45, 2.75) is 18.8 Å². The van der Waals surface area contributed by atoms with Crippen LogP contribution >= 0.6 is 34.2 Å². The van der Waals surface area contributed by atoms with E-state index in [-0.39, 0.29) is 11.8 Å². The highest BCUT2D eigenvalue weighted by molar-refractivity contribution is 14.1. The molecule has 0 aliphatic heterocycles. The number of rotatable bonds is 4. The summed E-state index contributed by atoms with van der Waals surface area (Å²) in [7, 11) is 0. The van der Waals surface area contributed by atoms with Gasteiger partial charge >= 0.3 is 0 Å². The molecule has 122 valence electrons. The van der Waals surface area contributed by atoms with E-state index >= 15 is 0 Å². The van der Waals surface area contributed by atoms with Crippen molar-refractivity contribution in [3.8, 4) is 0 Å². The van der Waals surface area contributed by atoms with Crippen molar-refractivity contribution in [3.05, 3.63) is 50.9 Å². The van der Waals surface area contributed by atoms with E-state index < -0.39 is 0 Å². The number of fused-ring (bicyclic) bond motifs is 1. The summed E-state index contributed by atoms with van der Waals surface area (Å²) in [5, 5.41) is 11.7. The molecule has 0 spiro atoms. The third-order valence-electron chi connectivity index (χ3n) is 4.24. The van der Waals surface area contributed by atoms with Gasteiger partial charge in [-0.15, -0.1) is 0 Å². The lowest BCUT2D eigenvalue weighted by Gasteiger charge is -2.17. The van der Waals surface area contributed by atoms with Crippen LogP contribution in [0, 0.1) is 9.62 Å². The minimum absolute atomic E-state index is 0.0593. The molecule has 3 aromatic rings. The summed E-state index contributed by atoms with van der Waals surface area (Å²) in [5.74, 6) is -0.0519. The zero-order valence-corrected chi connectivity index (χ0v) is 15.5. The summed E-state index contributed by atoms with van der Waals surface area (Å²) in [6.07, 6.45) is 3.75. The van der Waals surface area contributed by atoms with Gasteiger partial charge in [0.1, 0.15) is 3.70 Å². The van der Waals surface area contributed by atoms with Crippen molar-refractivity contribution in [2.24, 2.45) is 5.92 Å². The van der Waals surface area contributed by atoms with Gasteiger partial charge < -0.3 is 5.32 Å². The Kier molecular flexibility index (Phi) is 4.17. The van der Waals surface area contributed by atoms with E-state index in [9.17, 15) is 4.79 Å². The molecule has 2 heterocycles. The van der Waals surface area contributed by atoms with Gasteiger partial charge in [-0.2, -0.15) is 5.10 Å². The van der Waals surface area contributed by atoms with Crippen molar-refractivity contribution in [3.63, 3.8) is 0 Å². The Morgan fingerprint density at radius 2 is 2.21 bits per heavy atom. The molecule has 5 nitrogen and oxygen atoms in total. The third kappa shape index (κ3) is 3.00. The number of aromatic amines is 1. The first kappa shape index (κ1) is 15.8. The molecule has 1 unspecified atom stereocenters. The minimum Gasteiger partial charge on any atom is -0.325 e. The van der Waals surface area contributed by atoms with Crippen LogP contribution in [0.2, 0.25) is 5.02 Å². The quantitative estimate of drug-likeness (QED) is 0.578. The van der Waals surface area contributed by atoms with Gasteiger partial charge in [-0.25, -0.2) is 0 Å². The lowest BCUT2D eigenvalue weighted by molar-refractivity contribution is -0.118. The number of hydrogen-bond donors (Lipinski definition) is 2. The number of hydrogen-bond acceptors (Lipinski definition) is 3. The number of pyridine rings is 1. The Bertz CT molecular complexity index is 922. The second kappa shape index (κ2) is 6.33. The topological polar surface area (TPSA) is 70.7 Å². The normalized spacial score (nSPS) is 15.4. The van der Waals surface area contributed by atoms with Crippen molar-refractivity contribution in [1.29, 1.82) is 0 Å². The number of nitrogens with one attached hydrogen (secondary N) is 2. The fourth-order valence-corrected chi connectivity index (χ4v) is 3.70. The number of nitrogens with zero attached hydrogens (tertiary/aromatic N) is 2. The van der Waals surface area contributed by atoms with E-state index in [0.29, 0.717) is 16.6 Å². The number of carbonyl (C=O) groups excluding carboxylic acids is 1. The average molecular weight is 453 g/mol. The SMILES string of the molecule is O=C(Nc1ccc2[nH]nc(I)c2c1)C(c1ncccc1Cl)C1CC1. The molecule has 7 heteroatoms. The maximum absolute atomic E-state index is 12.9. The summed E-state index contributed by atoms with van der Waals surface area (Å²) >= 11 is 8.44. The molecule has 1 aromatic carbocycles. The van der Waals surface area contributed by atoms with Gasteiger partial charge in [-0.1, -0.05) is 11.6 Å². The van der Waals surface area contributed by atoms with Crippen molar-refractivity contribution >= 4 is 56.7 Å². The van der Waals surface area contributed by atoms with Gasteiger partial charge in [-0.05, 0) is 71.7 Å². The second-order valence-corrected chi connectivity index (χ2v) is 7.38. The molecule has 0 radical (unpaired) electrons. The average Bonchev–Trinajstić information content (AvgIpc) is 3.34. The van der Waals surface area contributed by atoms with Crippen LogP contribution in [0.3, 0.4) is 0 Å². The summed E-state index contributed by atoms with van der Waals surface area (Å²) in [6.45, 7) is 0. The Balaban J connectivity index is 1.63. The van der Waals surface area contributed by atoms with E-state index in [1.54, 1.807) is 18.3 Å². The molecular formula is C17H14ClIN4O. The summed E-state index contributed by atoms with van der Waals surface area (Å²) in [5.41, 5.74) is 2.37. The van der Waals surface area contributed by atoms with E-state index in [4.69, 9.17) is 11.6 Å². The van der Waals surface area contributed by atoms with Gasteiger partial charge in [-0.3, -0.25) is 14.9 Å². The Hall–Kier alpha value is -1.67. The van der Waals surface area contributed by atoms with Crippen LogP contribution < -0.4 is 5.32 Å². The van der Waals surface area contributed by atoms with Gasteiger partial charge in [0.25, 0.3) is 0 Å². The van der Waals surface area contributed by atoms with Crippen LogP contribution in [0.15, 0.2) is 36.5 Å². The third-order valence-corrected chi connectivity index (χ3v) is 5.38. The molecular weight excluding hydrogens is 439 g/mol. The molecule has 1 amide bonds. The van der Waals surface area contributed by atoms with Crippen molar-refractivity contribution in [2.75, 3.05) is 5.32 Å². The second-order valence-electron chi connectivity index (χ2n) is 5.95. The molecule has 2 N–H and O–H groups in total. The number of amides is 1. The van der Waals surface area contributed by atoms with Crippen LogP contribution in [0.25, 0.3) is 10.9 Å². The smallest absolute Gasteiger partial charge is 0.233 e. The first-order chi connectivity index (χ1) is 11.6.